The van der Waals surface area contributed by atoms with E-state index in [4.69, 9.17) is 4.74 Å². The number of thioether (sulfide) groups is 1. The highest BCUT2D eigenvalue weighted by molar-refractivity contribution is 7.98. The van der Waals surface area contributed by atoms with Crippen molar-refractivity contribution in [3.8, 4) is 0 Å². The summed E-state index contributed by atoms with van der Waals surface area (Å²) in [5, 5.41) is 3.93. The van der Waals surface area contributed by atoms with E-state index in [-0.39, 0.29) is 36.1 Å². The smallest absolute Gasteiger partial charge is 0.306 e. The number of fused-ring (bicyclic) bond motifs is 1. The number of aromatic nitrogens is 2. The molecule has 1 aliphatic carbocycles. The third kappa shape index (κ3) is 5.85. The number of ether oxygens (including phenoxy) is 1. The number of H-pyrrole nitrogens is 1. The lowest BCUT2D eigenvalue weighted by atomic mass is 9.83. The van der Waals surface area contributed by atoms with Crippen molar-refractivity contribution in [2.45, 2.75) is 89.8 Å². The summed E-state index contributed by atoms with van der Waals surface area (Å²) in [6.07, 6.45) is 6.93. The molecule has 0 saturated heterocycles. The number of aryl methyl sites for hydroxylation is 1. The number of nitrogens with zero attached hydrogens (tertiary/aromatic N) is 1. The number of carbonyl (C=O) groups excluding carboxylic acids is 2. The van der Waals surface area contributed by atoms with Crippen LogP contribution in [0.5, 0.6) is 0 Å². The average molecular weight is 538 g/mol. The van der Waals surface area contributed by atoms with Gasteiger partial charge in [-0.2, -0.15) is 0 Å². The van der Waals surface area contributed by atoms with Crippen LogP contribution in [0.1, 0.15) is 85.7 Å². The van der Waals surface area contributed by atoms with Crippen LogP contribution in [0.3, 0.4) is 0 Å². The minimum Gasteiger partial charge on any atom is -0.462 e. The van der Waals surface area contributed by atoms with Gasteiger partial charge < -0.3 is 19.6 Å². The van der Waals surface area contributed by atoms with Gasteiger partial charge >= 0.3 is 5.97 Å². The van der Waals surface area contributed by atoms with Crippen molar-refractivity contribution in [2.24, 2.45) is 5.92 Å². The molecular weight excluding hydrogens is 498 g/mol. The molecule has 2 N–H and O–H groups in total. The lowest BCUT2D eigenvalue weighted by Gasteiger charge is -2.33. The third-order valence-corrected chi connectivity index (χ3v) is 8.62. The first-order valence-electron chi connectivity index (χ1n) is 13.6. The van der Waals surface area contributed by atoms with Crippen molar-refractivity contribution >= 4 is 34.5 Å². The number of pyridine rings is 1. The summed E-state index contributed by atoms with van der Waals surface area (Å²) >= 11 is 1.50. The van der Waals surface area contributed by atoms with Gasteiger partial charge in [0.15, 0.2) is 0 Å². The fraction of sp³-hybridized carbons (Fsp3) is 0.500. The molecule has 1 unspecified atom stereocenters. The topological polar surface area (TPSA) is 93.2 Å². The summed E-state index contributed by atoms with van der Waals surface area (Å²) in [7, 11) is 0. The van der Waals surface area contributed by atoms with Gasteiger partial charge in [0.05, 0.1) is 5.56 Å². The van der Waals surface area contributed by atoms with Crippen LogP contribution in [0.15, 0.2) is 40.0 Å². The summed E-state index contributed by atoms with van der Waals surface area (Å²) in [6, 6.07) is 10.2. The monoisotopic (exact) mass is 537 g/mol. The maximum Gasteiger partial charge on any atom is 0.306 e. The highest BCUT2D eigenvalue weighted by atomic mass is 32.2. The molecule has 1 fully saturated rings. The Morgan fingerprint density at radius 3 is 2.58 bits per heavy atom. The maximum absolute atomic E-state index is 13.5. The van der Waals surface area contributed by atoms with Gasteiger partial charge in [0.25, 0.3) is 11.5 Å². The molecule has 0 bridgehead atoms. The summed E-state index contributed by atoms with van der Waals surface area (Å²) in [6.45, 7) is 8.25. The van der Waals surface area contributed by atoms with E-state index in [0.29, 0.717) is 23.5 Å². The predicted octanol–water partition coefficient (Wildman–Crippen LogP) is 6.06. The molecule has 204 valence electrons. The molecule has 0 spiro atoms. The zero-order valence-corrected chi connectivity index (χ0v) is 23.9. The first-order valence-corrected chi connectivity index (χ1v) is 14.8. The average Bonchev–Trinajstić information content (AvgIpc) is 3.19. The summed E-state index contributed by atoms with van der Waals surface area (Å²) in [5.41, 5.74) is 3.83. The molecule has 4 rings (SSSR count). The quantitative estimate of drug-likeness (QED) is 0.256. The first-order chi connectivity index (χ1) is 18.2. The number of hydrogen-bond acceptors (Lipinski definition) is 5. The zero-order valence-electron chi connectivity index (χ0n) is 23.1. The number of amides is 1. The van der Waals surface area contributed by atoms with Crippen molar-refractivity contribution in [3.63, 3.8) is 0 Å². The molecule has 1 atom stereocenters. The summed E-state index contributed by atoms with van der Waals surface area (Å²) in [5.74, 6) is 0.157. The summed E-state index contributed by atoms with van der Waals surface area (Å²) in [4.78, 5) is 41.8. The van der Waals surface area contributed by atoms with Gasteiger partial charge in [0.2, 0.25) is 0 Å². The molecule has 2 heterocycles. The van der Waals surface area contributed by atoms with Crippen LogP contribution in [0, 0.1) is 19.8 Å². The van der Waals surface area contributed by atoms with Gasteiger partial charge in [-0.25, -0.2) is 0 Å². The minimum atomic E-state index is -0.178. The largest absolute Gasteiger partial charge is 0.462 e. The second kappa shape index (κ2) is 12.2. The van der Waals surface area contributed by atoms with E-state index >= 15 is 0 Å². The van der Waals surface area contributed by atoms with Crippen molar-refractivity contribution in [1.82, 2.24) is 14.9 Å². The molecule has 7 nitrogen and oxygen atoms in total. The van der Waals surface area contributed by atoms with Crippen molar-refractivity contribution in [1.29, 1.82) is 0 Å². The van der Waals surface area contributed by atoms with E-state index in [1.807, 2.05) is 51.3 Å². The highest BCUT2D eigenvalue weighted by Gasteiger charge is 2.31. The highest BCUT2D eigenvalue weighted by Crippen LogP contribution is 2.38. The molecule has 1 saturated carbocycles. The summed E-state index contributed by atoms with van der Waals surface area (Å²) < 4.78 is 7.96. The second-order valence-electron chi connectivity index (χ2n) is 10.4. The molecule has 2 aromatic heterocycles. The van der Waals surface area contributed by atoms with E-state index in [9.17, 15) is 14.4 Å². The number of para-hydroxylation sites is 1. The Hall–Kier alpha value is -3.00. The number of benzene rings is 1. The van der Waals surface area contributed by atoms with Crippen molar-refractivity contribution in [2.75, 3.05) is 6.26 Å². The van der Waals surface area contributed by atoms with Gasteiger partial charge in [0.1, 0.15) is 6.10 Å². The lowest BCUT2D eigenvalue weighted by molar-refractivity contribution is -0.151. The van der Waals surface area contributed by atoms with Crippen LogP contribution in [0.2, 0.25) is 0 Å². The standard InChI is InChI=1S/C30H39N3O4S/c1-6-9-27(34)37-22-14-12-21(13-15-22)19(3)33-20(4)28(23-10-7-8-11-25(23)33)30(36)31-17-24-26(38-5)16-18(2)32-29(24)35/h7-8,10-11,16,19,21-22H,6,9,12-15,17H2,1-5H3,(H,31,36)(H,32,35). The molecular formula is C30H39N3O4S. The van der Waals surface area contributed by atoms with Gasteiger partial charge in [-0.1, -0.05) is 25.1 Å². The number of aromatic amines is 1. The molecule has 1 aromatic carbocycles. The molecule has 8 heteroatoms. The van der Waals surface area contributed by atoms with Crippen molar-refractivity contribution < 1.29 is 14.3 Å². The predicted molar refractivity (Wildman–Crippen MR) is 153 cm³/mol. The van der Waals surface area contributed by atoms with Crippen molar-refractivity contribution in [3.05, 3.63) is 63.2 Å². The lowest BCUT2D eigenvalue weighted by Crippen LogP contribution is -2.29. The van der Waals surface area contributed by atoms with E-state index < -0.39 is 0 Å². The molecule has 0 radical (unpaired) electrons. The number of rotatable bonds is 9. The van der Waals surface area contributed by atoms with Gasteiger partial charge in [0, 0.05) is 51.8 Å². The van der Waals surface area contributed by atoms with Gasteiger partial charge in [-0.3, -0.25) is 14.4 Å². The SMILES string of the molecule is CCCC(=O)OC1CCC(C(C)n2c(C)c(C(=O)NCc3c(SC)cc(C)[nH]c3=O)c3ccccc32)CC1. The second-order valence-corrected chi connectivity index (χ2v) is 11.2. The van der Waals surface area contributed by atoms with Crippen LogP contribution >= 0.6 is 11.8 Å². The Morgan fingerprint density at radius 1 is 1.18 bits per heavy atom. The molecule has 3 aromatic rings. The molecule has 1 amide bonds. The maximum atomic E-state index is 13.5. The molecule has 1 aliphatic rings. The fourth-order valence-corrected chi connectivity index (χ4v) is 6.55. The van der Waals surface area contributed by atoms with Crippen LogP contribution < -0.4 is 10.9 Å². The Bertz CT molecular complexity index is 1370. The first kappa shape index (κ1) is 28.0. The van der Waals surface area contributed by atoms with Gasteiger partial charge in [-0.15, -0.1) is 11.8 Å². The Kier molecular flexibility index (Phi) is 9.03. The molecule has 0 aliphatic heterocycles. The van der Waals surface area contributed by atoms with E-state index in [1.165, 1.54) is 11.8 Å². The number of carbonyl (C=O) groups is 2. The normalized spacial score (nSPS) is 18.3. The van der Waals surface area contributed by atoms with Crippen LogP contribution in [-0.4, -0.2) is 33.8 Å². The number of hydrogen-bond donors (Lipinski definition) is 2. The molecule has 38 heavy (non-hydrogen) atoms. The van der Waals surface area contributed by atoms with Gasteiger partial charge in [-0.05, 0) is 77.2 Å². The Labute approximate surface area is 228 Å². The van der Waals surface area contributed by atoms with E-state index in [1.54, 1.807) is 0 Å². The van der Waals surface area contributed by atoms with E-state index in [0.717, 1.165) is 59.3 Å². The fourth-order valence-electron chi connectivity index (χ4n) is 5.84. The minimum absolute atomic E-state index is 0.0115. The number of nitrogens with one attached hydrogen (secondary N) is 2. The van der Waals surface area contributed by atoms with Crippen LogP contribution in [0.4, 0.5) is 0 Å². The third-order valence-electron chi connectivity index (χ3n) is 7.82. The zero-order chi connectivity index (χ0) is 27.4. The Balaban J connectivity index is 1.54. The van der Waals surface area contributed by atoms with E-state index in [2.05, 4.69) is 27.9 Å². The van der Waals surface area contributed by atoms with Crippen LogP contribution in [-0.2, 0) is 16.1 Å². The number of esters is 1. The Morgan fingerprint density at radius 2 is 1.89 bits per heavy atom. The van der Waals surface area contributed by atoms with Crippen LogP contribution in [0.25, 0.3) is 10.9 Å².